The Morgan fingerprint density at radius 2 is 1.48 bits per heavy atom. The van der Waals surface area contributed by atoms with Crippen LogP contribution in [0, 0.1) is 0 Å². The molecule has 0 aliphatic heterocycles. The van der Waals surface area contributed by atoms with Crippen LogP contribution in [0.5, 0.6) is 5.75 Å². The summed E-state index contributed by atoms with van der Waals surface area (Å²) in [4.78, 5) is 11.8. The average molecular weight is 331 g/mol. The molecule has 3 aromatic carbocycles. The molecular weight excluding hydrogens is 310 g/mol. The molecular formula is C22H21NO2. The van der Waals surface area contributed by atoms with E-state index in [-0.39, 0.29) is 12.0 Å². The minimum Gasteiger partial charge on any atom is -0.467 e. The molecule has 3 heteroatoms. The van der Waals surface area contributed by atoms with Gasteiger partial charge >= 0.3 is 0 Å². The summed E-state index contributed by atoms with van der Waals surface area (Å²) in [6.07, 6.45) is 0.180. The van der Waals surface area contributed by atoms with Crippen molar-refractivity contribution in [1.82, 2.24) is 0 Å². The molecule has 0 heterocycles. The summed E-state index contributed by atoms with van der Waals surface area (Å²) in [6, 6.07) is 27.2. The van der Waals surface area contributed by atoms with Crippen molar-refractivity contribution in [2.24, 2.45) is 0 Å². The predicted octanol–water partition coefficient (Wildman–Crippen LogP) is 5.47. The number of Topliss-reactive ketones (excluding diaryl/α,β-unsaturated/α-hetero) is 1. The Bertz CT molecular complexity index is 798. The van der Waals surface area contributed by atoms with E-state index in [4.69, 9.17) is 4.74 Å². The highest BCUT2D eigenvalue weighted by molar-refractivity contribution is 5.95. The van der Waals surface area contributed by atoms with E-state index in [1.807, 2.05) is 91.9 Å². The summed E-state index contributed by atoms with van der Waals surface area (Å²) in [5.74, 6) is 0.846. The van der Waals surface area contributed by atoms with Gasteiger partial charge in [-0.15, -0.1) is 0 Å². The molecule has 126 valence electrons. The zero-order valence-electron chi connectivity index (χ0n) is 14.2. The van der Waals surface area contributed by atoms with Gasteiger partial charge in [0.05, 0.1) is 0 Å². The van der Waals surface area contributed by atoms with Gasteiger partial charge < -0.3 is 10.1 Å². The maximum absolute atomic E-state index is 11.8. The maximum atomic E-state index is 11.8. The molecule has 1 N–H and O–H groups in total. The first-order valence-electron chi connectivity index (χ1n) is 8.42. The summed E-state index contributed by atoms with van der Waals surface area (Å²) in [7, 11) is 0. The number of rotatable bonds is 7. The van der Waals surface area contributed by atoms with Gasteiger partial charge in [-0.25, -0.2) is 0 Å². The van der Waals surface area contributed by atoms with Crippen LogP contribution in [0.4, 0.5) is 5.69 Å². The third kappa shape index (κ3) is 4.48. The van der Waals surface area contributed by atoms with E-state index >= 15 is 0 Å². The fourth-order valence-corrected chi connectivity index (χ4v) is 2.55. The second kappa shape index (κ2) is 8.15. The maximum Gasteiger partial charge on any atom is 0.196 e. The van der Waals surface area contributed by atoms with E-state index in [9.17, 15) is 4.79 Å². The first kappa shape index (κ1) is 16.8. The Kier molecular flexibility index (Phi) is 5.47. The van der Waals surface area contributed by atoms with Crippen LogP contribution in [0.25, 0.3) is 0 Å². The standard InChI is InChI=1S/C22H21NO2/c1-2-21(24)17-13-15-20(16-14-17)25-22(18-9-5-3-6-10-18)23-19-11-7-4-8-12-19/h3-16,22-23H,2H2,1H3. The van der Waals surface area contributed by atoms with Gasteiger partial charge in [0.25, 0.3) is 0 Å². The first-order valence-corrected chi connectivity index (χ1v) is 8.42. The van der Waals surface area contributed by atoms with Crippen molar-refractivity contribution in [1.29, 1.82) is 0 Å². The number of anilines is 1. The number of ketones is 1. The Morgan fingerprint density at radius 3 is 2.08 bits per heavy atom. The molecule has 0 aromatic heterocycles. The number of para-hydroxylation sites is 1. The largest absolute Gasteiger partial charge is 0.467 e. The zero-order chi connectivity index (χ0) is 17.5. The number of benzene rings is 3. The van der Waals surface area contributed by atoms with Crippen molar-refractivity contribution >= 4 is 11.5 Å². The molecule has 0 radical (unpaired) electrons. The van der Waals surface area contributed by atoms with E-state index in [2.05, 4.69) is 5.32 Å². The lowest BCUT2D eigenvalue weighted by molar-refractivity contribution is 0.0988. The molecule has 0 fully saturated rings. The zero-order valence-corrected chi connectivity index (χ0v) is 14.2. The lowest BCUT2D eigenvalue weighted by atomic mass is 10.1. The van der Waals surface area contributed by atoms with Crippen molar-refractivity contribution in [3.8, 4) is 5.75 Å². The van der Waals surface area contributed by atoms with Gasteiger partial charge in [0.2, 0.25) is 0 Å². The van der Waals surface area contributed by atoms with Crippen molar-refractivity contribution < 1.29 is 9.53 Å². The highest BCUT2D eigenvalue weighted by atomic mass is 16.5. The third-order valence-corrected chi connectivity index (χ3v) is 3.93. The van der Waals surface area contributed by atoms with E-state index in [0.717, 1.165) is 11.3 Å². The third-order valence-electron chi connectivity index (χ3n) is 3.93. The van der Waals surface area contributed by atoms with Gasteiger partial charge in [-0.2, -0.15) is 0 Å². The molecule has 0 saturated heterocycles. The minimum absolute atomic E-state index is 0.133. The molecule has 0 aliphatic rings. The van der Waals surface area contributed by atoms with Gasteiger partial charge in [-0.3, -0.25) is 4.79 Å². The summed E-state index contributed by atoms with van der Waals surface area (Å²) < 4.78 is 6.15. The van der Waals surface area contributed by atoms with E-state index < -0.39 is 0 Å². The van der Waals surface area contributed by atoms with Gasteiger partial charge in [-0.1, -0.05) is 55.5 Å². The van der Waals surface area contributed by atoms with Gasteiger partial charge in [0.15, 0.2) is 12.0 Å². The smallest absolute Gasteiger partial charge is 0.196 e. The van der Waals surface area contributed by atoms with Gasteiger partial charge in [0.1, 0.15) is 5.75 Å². The molecule has 0 saturated carbocycles. The minimum atomic E-state index is -0.323. The van der Waals surface area contributed by atoms with Crippen LogP contribution in [0.2, 0.25) is 0 Å². The molecule has 0 aliphatic carbocycles. The topological polar surface area (TPSA) is 38.3 Å². The van der Waals surface area contributed by atoms with E-state index in [1.165, 1.54) is 0 Å². The molecule has 3 rings (SSSR count). The Labute approximate surface area is 148 Å². The first-order chi connectivity index (χ1) is 12.3. The number of hydrogen-bond acceptors (Lipinski definition) is 3. The predicted molar refractivity (Wildman–Crippen MR) is 101 cm³/mol. The summed E-state index contributed by atoms with van der Waals surface area (Å²) >= 11 is 0. The highest BCUT2D eigenvalue weighted by Crippen LogP contribution is 2.24. The van der Waals surface area contributed by atoms with Crippen LogP contribution in [0.3, 0.4) is 0 Å². The quantitative estimate of drug-likeness (QED) is 0.461. The molecule has 3 aromatic rings. The summed E-state index contributed by atoms with van der Waals surface area (Å²) in [5.41, 5.74) is 2.72. The van der Waals surface area contributed by atoms with Crippen LogP contribution < -0.4 is 10.1 Å². The molecule has 25 heavy (non-hydrogen) atoms. The summed E-state index contributed by atoms with van der Waals surface area (Å²) in [6.45, 7) is 1.86. The molecule has 1 unspecified atom stereocenters. The Hall–Kier alpha value is -3.07. The van der Waals surface area contributed by atoms with Gasteiger partial charge in [-0.05, 0) is 36.4 Å². The second-order valence-corrected chi connectivity index (χ2v) is 5.72. The normalized spacial score (nSPS) is 11.6. The second-order valence-electron chi connectivity index (χ2n) is 5.72. The molecule has 1 atom stereocenters. The van der Waals surface area contributed by atoms with Crippen molar-refractivity contribution in [3.63, 3.8) is 0 Å². The molecule has 0 amide bonds. The SMILES string of the molecule is CCC(=O)c1ccc(OC(Nc2ccccc2)c2ccccc2)cc1. The Morgan fingerprint density at radius 1 is 0.880 bits per heavy atom. The molecule has 0 bridgehead atoms. The number of carbonyl (C=O) groups is 1. The van der Waals surface area contributed by atoms with Gasteiger partial charge in [0, 0.05) is 23.2 Å². The number of hydrogen-bond donors (Lipinski definition) is 1. The summed E-state index contributed by atoms with van der Waals surface area (Å²) in [5, 5.41) is 3.40. The fourth-order valence-electron chi connectivity index (χ4n) is 2.55. The molecule has 0 spiro atoms. The monoisotopic (exact) mass is 331 g/mol. The van der Waals surface area contributed by atoms with Crippen LogP contribution in [0.15, 0.2) is 84.9 Å². The molecule has 3 nitrogen and oxygen atoms in total. The highest BCUT2D eigenvalue weighted by Gasteiger charge is 2.13. The van der Waals surface area contributed by atoms with E-state index in [0.29, 0.717) is 17.7 Å². The van der Waals surface area contributed by atoms with Crippen LogP contribution in [-0.4, -0.2) is 5.78 Å². The lowest BCUT2D eigenvalue weighted by Crippen LogP contribution is -2.17. The van der Waals surface area contributed by atoms with E-state index in [1.54, 1.807) is 0 Å². The fraction of sp³-hybridized carbons (Fsp3) is 0.136. The van der Waals surface area contributed by atoms with Crippen LogP contribution in [-0.2, 0) is 0 Å². The van der Waals surface area contributed by atoms with Crippen LogP contribution >= 0.6 is 0 Å². The number of ether oxygens (including phenoxy) is 1. The number of carbonyl (C=O) groups excluding carboxylic acids is 1. The lowest BCUT2D eigenvalue weighted by Gasteiger charge is -2.22. The average Bonchev–Trinajstić information content (AvgIpc) is 2.69. The number of nitrogens with one attached hydrogen (secondary N) is 1. The van der Waals surface area contributed by atoms with Crippen molar-refractivity contribution in [3.05, 3.63) is 96.1 Å². The van der Waals surface area contributed by atoms with Crippen molar-refractivity contribution in [2.45, 2.75) is 19.6 Å². The van der Waals surface area contributed by atoms with Crippen molar-refractivity contribution in [2.75, 3.05) is 5.32 Å². The Balaban J connectivity index is 1.81. The van der Waals surface area contributed by atoms with Crippen LogP contribution in [0.1, 0.15) is 35.5 Å².